The van der Waals surface area contributed by atoms with Gasteiger partial charge in [0, 0.05) is 18.6 Å². The number of aliphatic hydroxyl groups excluding tert-OH is 1. The molecule has 2 heteroatoms. The second-order valence-electron chi connectivity index (χ2n) is 3.40. The Balaban J connectivity index is 3.85. The summed E-state index contributed by atoms with van der Waals surface area (Å²) in [5.74, 6) is 5.78. The third-order valence-corrected chi connectivity index (χ3v) is 2.73. The van der Waals surface area contributed by atoms with Gasteiger partial charge in [-0.15, -0.1) is 5.92 Å². The van der Waals surface area contributed by atoms with Crippen LogP contribution in [0.25, 0.3) is 0 Å². The highest BCUT2D eigenvalue weighted by Crippen LogP contribution is 2.23. The monoisotopic (exact) mass is 183 g/mol. The van der Waals surface area contributed by atoms with Crippen LogP contribution >= 0.6 is 0 Å². The van der Waals surface area contributed by atoms with Gasteiger partial charge < -0.3 is 10.4 Å². The van der Waals surface area contributed by atoms with Crippen molar-refractivity contribution in [3.63, 3.8) is 0 Å². The molecule has 0 aromatic carbocycles. The molecule has 2 nitrogen and oxygen atoms in total. The first kappa shape index (κ1) is 12.5. The van der Waals surface area contributed by atoms with E-state index in [1.54, 1.807) is 0 Å². The molecule has 0 unspecified atom stereocenters. The van der Waals surface area contributed by atoms with E-state index in [4.69, 9.17) is 0 Å². The summed E-state index contributed by atoms with van der Waals surface area (Å²) in [6, 6.07) is 0. The Morgan fingerprint density at radius 1 is 1.31 bits per heavy atom. The SMILES string of the molecule is CC#CCNCC(CC)(CC)CO. The Bertz CT molecular complexity index is 166. The summed E-state index contributed by atoms with van der Waals surface area (Å²) in [7, 11) is 0. The van der Waals surface area contributed by atoms with Crippen molar-refractivity contribution in [2.75, 3.05) is 19.7 Å². The molecule has 0 rings (SSSR count). The minimum absolute atomic E-state index is 0.0510. The average Bonchev–Trinajstić information content (AvgIpc) is 2.20. The summed E-state index contributed by atoms with van der Waals surface area (Å²) >= 11 is 0. The van der Waals surface area contributed by atoms with Crippen molar-refractivity contribution in [1.82, 2.24) is 5.32 Å². The van der Waals surface area contributed by atoms with Crippen LogP contribution in [0.3, 0.4) is 0 Å². The molecule has 0 fully saturated rings. The van der Waals surface area contributed by atoms with Crippen molar-refractivity contribution >= 4 is 0 Å². The van der Waals surface area contributed by atoms with E-state index in [9.17, 15) is 5.11 Å². The number of nitrogens with one attached hydrogen (secondary N) is 1. The van der Waals surface area contributed by atoms with E-state index in [0.29, 0.717) is 0 Å². The molecule has 0 bridgehead atoms. The van der Waals surface area contributed by atoms with E-state index in [1.807, 2.05) is 6.92 Å². The van der Waals surface area contributed by atoms with Crippen LogP contribution in [0.4, 0.5) is 0 Å². The summed E-state index contributed by atoms with van der Waals surface area (Å²) in [5.41, 5.74) is 0.0510. The van der Waals surface area contributed by atoms with Gasteiger partial charge in [-0.25, -0.2) is 0 Å². The molecule has 0 saturated heterocycles. The van der Waals surface area contributed by atoms with Gasteiger partial charge in [0.1, 0.15) is 0 Å². The summed E-state index contributed by atoms with van der Waals surface area (Å²) in [6.07, 6.45) is 2.01. The lowest BCUT2D eigenvalue weighted by Gasteiger charge is -2.29. The second kappa shape index (κ2) is 6.94. The van der Waals surface area contributed by atoms with E-state index >= 15 is 0 Å². The van der Waals surface area contributed by atoms with E-state index in [2.05, 4.69) is 31.0 Å². The van der Waals surface area contributed by atoms with Gasteiger partial charge >= 0.3 is 0 Å². The Hall–Kier alpha value is -0.520. The zero-order chi connectivity index (χ0) is 10.2. The summed E-state index contributed by atoms with van der Waals surface area (Å²) < 4.78 is 0. The molecule has 76 valence electrons. The highest BCUT2D eigenvalue weighted by Gasteiger charge is 2.24. The molecule has 0 aliphatic carbocycles. The van der Waals surface area contributed by atoms with Crippen LogP contribution in [0.2, 0.25) is 0 Å². The van der Waals surface area contributed by atoms with Crippen molar-refractivity contribution in [3.05, 3.63) is 0 Å². The molecular weight excluding hydrogens is 162 g/mol. The predicted octanol–water partition coefficient (Wildman–Crippen LogP) is 1.40. The molecule has 0 atom stereocenters. The molecule has 0 spiro atoms. The minimum Gasteiger partial charge on any atom is -0.396 e. The van der Waals surface area contributed by atoms with Crippen LogP contribution in [0.15, 0.2) is 0 Å². The van der Waals surface area contributed by atoms with Crippen LogP contribution in [0.5, 0.6) is 0 Å². The first-order valence-corrected chi connectivity index (χ1v) is 4.96. The Morgan fingerprint density at radius 2 is 1.92 bits per heavy atom. The standard InChI is InChI=1S/C11H21NO/c1-4-7-8-12-9-11(5-2,6-3)10-13/h12-13H,5-6,8-10H2,1-3H3. The fourth-order valence-corrected chi connectivity index (χ4v) is 1.26. The normalized spacial score (nSPS) is 10.8. The van der Waals surface area contributed by atoms with Gasteiger partial charge in [-0.2, -0.15) is 0 Å². The summed E-state index contributed by atoms with van der Waals surface area (Å²) in [4.78, 5) is 0. The van der Waals surface area contributed by atoms with Crippen molar-refractivity contribution in [2.24, 2.45) is 5.41 Å². The molecule has 0 aromatic rings. The lowest BCUT2D eigenvalue weighted by molar-refractivity contribution is 0.114. The quantitative estimate of drug-likeness (QED) is 0.482. The zero-order valence-corrected chi connectivity index (χ0v) is 8.98. The minimum atomic E-state index is 0.0510. The van der Waals surface area contributed by atoms with Gasteiger partial charge in [-0.3, -0.25) is 0 Å². The largest absolute Gasteiger partial charge is 0.396 e. The molecular formula is C11H21NO. The Labute approximate surface area is 81.7 Å². The smallest absolute Gasteiger partial charge is 0.0576 e. The maximum Gasteiger partial charge on any atom is 0.0576 e. The molecule has 0 radical (unpaired) electrons. The molecule has 2 N–H and O–H groups in total. The van der Waals surface area contributed by atoms with Gasteiger partial charge in [-0.05, 0) is 19.8 Å². The summed E-state index contributed by atoms with van der Waals surface area (Å²) in [6.45, 7) is 7.90. The second-order valence-corrected chi connectivity index (χ2v) is 3.40. The maximum absolute atomic E-state index is 9.26. The first-order chi connectivity index (χ1) is 6.24. The molecule has 0 aromatic heterocycles. The predicted molar refractivity (Wildman–Crippen MR) is 56.4 cm³/mol. The van der Waals surface area contributed by atoms with Crippen molar-refractivity contribution < 1.29 is 5.11 Å². The highest BCUT2D eigenvalue weighted by atomic mass is 16.3. The third-order valence-electron chi connectivity index (χ3n) is 2.73. The number of hydrogen-bond acceptors (Lipinski definition) is 2. The third kappa shape index (κ3) is 4.31. The number of hydrogen-bond donors (Lipinski definition) is 2. The lowest BCUT2D eigenvalue weighted by Crippen LogP contribution is -2.36. The molecule has 0 aliphatic rings. The van der Waals surface area contributed by atoms with Crippen LogP contribution < -0.4 is 5.32 Å². The Morgan fingerprint density at radius 3 is 2.31 bits per heavy atom. The zero-order valence-electron chi connectivity index (χ0n) is 8.98. The van der Waals surface area contributed by atoms with Gasteiger partial charge in [0.2, 0.25) is 0 Å². The van der Waals surface area contributed by atoms with Crippen LogP contribution in [0, 0.1) is 17.3 Å². The lowest BCUT2D eigenvalue weighted by atomic mass is 9.83. The number of aliphatic hydroxyl groups is 1. The molecule has 13 heavy (non-hydrogen) atoms. The highest BCUT2D eigenvalue weighted by molar-refractivity contribution is 4.97. The van der Waals surface area contributed by atoms with Crippen LogP contribution in [-0.4, -0.2) is 24.8 Å². The van der Waals surface area contributed by atoms with Crippen molar-refractivity contribution in [1.29, 1.82) is 0 Å². The van der Waals surface area contributed by atoms with E-state index in [1.165, 1.54) is 0 Å². The average molecular weight is 183 g/mol. The number of rotatable bonds is 6. The topological polar surface area (TPSA) is 32.3 Å². The molecule has 0 heterocycles. The van der Waals surface area contributed by atoms with Crippen molar-refractivity contribution in [3.8, 4) is 11.8 Å². The molecule has 0 amide bonds. The Kier molecular flexibility index (Phi) is 6.66. The van der Waals surface area contributed by atoms with Crippen molar-refractivity contribution in [2.45, 2.75) is 33.6 Å². The van der Waals surface area contributed by atoms with Gasteiger partial charge in [-0.1, -0.05) is 19.8 Å². The van der Waals surface area contributed by atoms with Gasteiger partial charge in [0.25, 0.3) is 0 Å². The van der Waals surface area contributed by atoms with Crippen LogP contribution in [0.1, 0.15) is 33.6 Å². The molecule has 0 aliphatic heterocycles. The van der Waals surface area contributed by atoms with Gasteiger partial charge in [0.05, 0.1) is 6.54 Å². The fraction of sp³-hybridized carbons (Fsp3) is 0.818. The van der Waals surface area contributed by atoms with E-state index < -0.39 is 0 Å². The van der Waals surface area contributed by atoms with E-state index in [0.717, 1.165) is 25.9 Å². The maximum atomic E-state index is 9.26. The van der Waals surface area contributed by atoms with Gasteiger partial charge in [0.15, 0.2) is 0 Å². The van der Waals surface area contributed by atoms with Crippen LogP contribution in [-0.2, 0) is 0 Å². The van der Waals surface area contributed by atoms with E-state index in [-0.39, 0.29) is 12.0 Å². The fourth-order valence-electron chi connectivity index (χ4n) is 1.26. The summed E-state index contributed by atoms with van der Waals surface area (Å²) in [5, 5.41) is 12.5. The molecule has 0 saturated carbocycles. The first-order valence-electron chi connectivity index (χ1n) is 4.96.